The van der Waals surface area contributed by atoms with E-state index in [1.54, 1.807) is 13.0 Å². The van der Waals surface area contributed by atoms with Crippen molar-refractivity contribution in [1.82, 2.24) is 0 Å². The van der Waals surface area contributed by atoms with Gasteiger partial charge in [0.05, 0.1) is 29.7 Å². The molecule has 106 valence electrons. The number of rotatable bonds is 7. The Labute approximate surface area is 122 Å². The van der Waals surface area contributed by atoms with Gasteiger partial charge in [0.1, 0.15) is 12.4 Å². The van der Waals surface area contributed by atoms with Crippen LogP contribution in [0, 0.1) is 11.3 Å². The highest BCUT2D eigenvalue weighted by molar-refractivity contribution is 6.32. The molecule has 0 heterocycles. The smallest absolute Gasteiger partial charge is 0.306 e. The summed E-state index contributed by atoms with van der Waals surface area (Å²) in [5, 5.41) is 8.96. The van der Waals surface area contributed by atoms with Gasteiger partial charge in [0.25, 0.3) is 0 Å². The number of Topliss-reactive ketones (excluding diaryl/α,β-unsaturated/α-hetero) is 1. The normalized spacial score (nSPS) is 9.65. The van der Waals surface area contributed by atoms with E-state index in [9.17, 15) is 9.59 Å². The Morgan fingerprint density at radius 2 is 2.10 bits per heavy atom. The molecule has 0 unspecified atom stereocenters. The number of carbonyl (C=O) groups is 2. The molecule has 0 aliphatic heterocycles. The van der Waals surface area contributed by atoms with Gasteiger partial charge in [-0.05, 0) is 25.1 Å². The van der Waals surface area contributed by atoms with Crippen LogP contribution in [-0.4, -0.2) is 25.0 Å². The molecule has 0 fully saturated rings. The molecule has 0 atom stereocenters. The molecule has 0 spiro atoms. The predicted molar refractivity (Wildman–Crippen MR) is 72.5 cm³/mol. The fourth-order valence-corrected chi connectivity index (χ4v) is 1.63. The minimum atomic E-state index is -0.405. The molecule has 0 saturated carbocycles. The van der Waals surface area contributed by atoms with Crippen LogP contribution in [0.5, 0.6) is 5.75 Å². The van der Waals surface area contributed by atoms with Crippen molar-refractivity contribution in [2.75, 3.05) is 13.2 Å². The first-order valence-electron chi connectivity index (χ1n) is 6.06. The number of halogens is 1. The van der Waals surface area contributed by atoms with Crippen molar-refractivity contribution >= 4 is 23.4 Å². The number of hydrogen-bond donors (Lipinski definition) is 0. The van der Waals surface area contributed by atoms with Gasteiger partial charge in [-0.2, -0.15) is 5.26 Å². The molecular formula is C14H14ClNO4. The van der Waals surface area contributed by atoms with Gasteiger partial charge < -0.3 is 9.47 Å². The summed E-state index contributed by atoms with van der Waals surface area (Å²) in [6.45, 7) is 1.82. The van der Waals surface area contributed by atoms with Gasteiger partial charge in [-0.1, -0.05) is 11.6 Å². The molecule has 1 aromatic rings. The molecule has 5 nitrogen and oxygen atoms in total. The van der Waals surface area contributed by atoms with E-state index in [0.717, 1.165) is 0 Å². The van der Waals surface area contributed by atoms with Crippen LogP contribution in [0.15, 0.2) is 18.2 Å². The highest BCUT2D eigenvalue weighted by atomic mass is 35.5. The lowest BCUT2D eigenvalue weighted by atomic mass is 10.2. The zero-order chi connectivity index (χ0) is 15.0. The first kappa shape index (κ1) is 16.0. The van der Waals surface area contributed by atoms with E-state index in [4.69, 9.17) is 26.3 Å². The summed E-state index contributed by atoms with van der Waals surface area (Å²) in [7, 11) is 0. The van der Waals surface area contributed by atoms with Crippen LogP contribution >= 0.6 is 11.6 Å². The van der Waals surface area contributed by atoms with Crippen LogP contribution in [-0.2, 0) is 14.3 Å². The van der Waals surface area contributed by atoms with Crippen molar-refractivity contribution in [2.45, 2.75) is 19.8 Å². The molecule has 1 aromatic carbocycles. The fraction of sp³-hybridized carbons (Fsp3) is 0.357. The number of nitrogens with zero attached hydrogens (tertiary/aromatic N) is 1. The molecule has 0 saturated heterocycles. The number of carbonyl (C=O) groups excluding carboxylic acids is 2. The summed E-state index contributed by atoms with van der Waals surface area (Å²) < 4.78 is 9.96. The molecule has 20 heavy (non-hydrogen) atoms. The zero-order valence-electron chi connectivity index (χ0n) is 11.0. The second-order valence-corrected chi connectivity index (χ2v) is 4.30. The van der Waals surface area contributed by atoms with Crippen molar-refractivity contribution in [3.05, 3.63) is 28.8 Å². The summed E-state index contributed by atoms with van der Waals surface area (Å²) in [6, 6.07) is 6.48. The van der Waals surface area contributed by atoms with Crippen LogP contribution in [0.1, 0.15) is 25.3 Å². The van der Waals surface area contributed by atoms with E-state index in [-0.39, 0.29) is 30.3 Å². The SMILES string of the molecule is CCOC(=O)CCC(=O)COc1ccc(C#N)cc1Cl. The molecule has 0 aliphatic carbocycles. The lowest BCUT2D eigenvalue weighted by Crippen LogP contribution is -2.14. The predicted octanol–water partition coefficient (Wildman–Crippen LogP) is 2.50. The summed E-state index contributed by atoms with van der Waals surface area (Å²) >= 11 is 5.90. The maximum absolute atomic E-state index is 11.5. The van der Waals surface area contributed by atoms with Gasteiger partial charge in [-0.3, -0.25) is 9.59 Å². The van der Waals surface area contributed by atoms with E-state index in [1.165, 1.54) is 12.1 Å². The molecular weight excluding hydrogens is 282 g/mol. The second kappa shape index (κ2) is 8.18. The quantitative estimate of drug-likeness (QED) is 0.722. The van der Waals surface area contributed by atoms with Gasteiger partial charge in [-0.15, -0.1) is 0 Å². The average Bonchev–Trinajstić information content (AvgIpc) is 2.44. The highest BCUT2D eigenvalue weighted by Gasteiger charge is 2.10. The van der Waals surface area contributed by atoms with Crippen LogP contribution in [0.3, 0.4) is 0 Å². The van der Waals surface area contributed by atoms with Gasteiger partial charge in [-0.25, -0.2) is 0 Å². The lowest BCUT2D eigenvalue weighted by molar-refractivity contribution is -0.144. The molecule has 0 aliphatic rings. The molecule has 0 N–H and O–H groups in total. The van der Waals surface area contributed by atoms with Crippen LogP contribution < -0.4 is 4.74 Å². The summed E-state index contributed by atoms with van der Waals surface area (Å²) in [4.78, 5) is 22.6. The van der Waals surface area contributed by atoms with Crippen molar-refractivity contribution in [3.8, 4) is 11.8 Å². The van der Waals surface area contributed by atoms with Crippen LogP contribution in [0.2, 0.25) is 5.02 Å². The van der Waals surface area contributed by atoms with Crippen molar-refractivity contribution in [3.63, 3.8) is 0 Å². The minimum absolute atomic E-state index is 0.0388. The Hall–Kier alpha value is -2.06. The van der Waals surface area contributed by atoms with Crippen molar-refractivity contribution in [1.29, 1.82) is 5.26 Å². The standard InChI is InChI=1S/C14H14ClNO4/c1-2-19-14(18)6-4-11(17)9-20-13-5-3-10(8-16)7-12(13)15/h3,5,7H,2,4,6,9H2,1H3. The Morgan fingerprint density at radius 1 is 1.35 bits per heavy atom. The number of esters is 1. The van der Waals surface area contributed by atoms with Crippen molar-refractivity contribution in [2.24, 2.45) is 0 Å². The summed E-state index contributed by atoms with van der Waals surface area (Å²) in [6.07, 6.45) is 0.101. The molecule has 6 heteroatoms. The number of nitriles is 1. The van der Waals surface area contributed by atoms with E-state index in [0.29, 0.717) is 17.9 Å². The molecule has 0 amide bonds. The Kier molecular flexibility index (Phi) is 6.54. The van der Waals surface area contributed by atoms with Gasteiger partial charge in [0, 0.05) is 6.42 Å². The molecule has 0 aromatic heterocycles. The Balaban J connectivity index is 2.41. The first-order chi connectivity index (χ1) is 9.56. The monoisotopic (exact) mass is 295 g/mol. The third-order valence-electron chi connectivity index (χ3n) is 2.36. The first-order valence-corrected chi connectivity index (χ1v) is 6.44. The Bertz CT molecular complexity index is 536. The molecule has 0 bridgehead atoms. The lowest BCUT2D eigenvalue weighted by Gasteiger charge is -2.07. The van der Waals surface area contributed by atoms with E-state index in [1.807, 2.05) is 6.07 Å². The topological polar surface area (TPSA) is 76.4 Å². The third kappa shape index (κ3) is 5.29. The van der Waals surface area contributed by atoms with Gasteiger partial charge in [0.15, 0.2) is 5.78 Å². The number of ether oxygens (including phenoxy) is 2. The number of ketones is 1. The van der Waals surface area contributed by atoms with Crippen LogP contribution in [0.4, 0.5) is 0 Å². The van der Waals surface area contributed by atoms with E-state index in [2.05, 4.69) is 0 Å². The minimum Gasteiger partial charge on any atom is -0.484 e. The maximum atomic E-state index is 11.5. The number of hydrogen-bond acceptors (Lipinski definition) is 5. The summed E-state index contributed by atoms with van der Waals surface area (Å²) in [5.41, 5.74) is 0.413. The van der Waals surface area contributed by atoms with Crippen LogP contribution in [0.25, 0.3) is 0 Å². The maximum Gasteiger partial charge on any atom is 0.306 e. The molecule has 0 radical (unpaired) electrons. The van der Waals surface area contributed by atoms with E-state index >= 15 is 0 Å². The van der Waals surface area contributed by atoms with Gasteiger partial charge in [0.2, 0.25) is 0 Å². The van der Waals surface area contributed by atoms with E-state index < -0.39 is 5.97 Å². The number of benzene rings is 1. The zero-order valence-corrected chi connectivity index (χ0v) is 11.8. The largest absolute Gasteiger partial charge is 0.484 e. The Morgan fingerprint density at radius 3 is 2.70 bits per heavy atom. The second-order valence-electron chi connectivity index (χ2n) is 3.89. The highest BCUT2D eigenvalue weighted by Crippen LogP contribution is 2.25. The summed E-state index contributed by atoms with van der Waals surface area (Å²) in [5.74, 6) is -0.300. The average molecular weight is 296 g/mol. The van der Waals surface area contributed by atoms with Crippen molar-refractivity contribution < 1.29 is 19.1 Å². The molecule has 1 rings (SSSR count). The fourth-order valence-electron chi connectivity index (χ4n) is 1.39. The third-order valence-corrected chi connectivity index (χ3v) is 2.66. The van der Waals surface area contributed by atoms with Gasteiger partial charge >= 0.3 is 5.97 Å².